The summed E-state index contributed by atoms with van der Waals surface area (Å²) >= 11 is 3.18. The molecule has 1 aromatic rings. The zero-order chi connectivity index (χ0) is 11.4. The van der Waals surface area contributed by atoms with E-state index in [1.807, 2.05) is 12.1 Å². The summed E-state index contributed by atoms with van der Waals surface area (Å²) in [4.78, 5) is 0. The van der Waals surface area contributed by atoms with Crippen LogP contribution in [0.1, 0.15) is 25.8 Å². The van der Waals surface area contributed by atoms with Gasteiger partial charge in [-0.3, -0.25) is 0 Å². The topological polar surface area (TPSA) is 26.0 Å². The zero-order valence-corrected chi connectivity index (χ0v) is 10.7. The van der Waals surface area contributed by atoms with Crippen molar-refractivity contribution in [2.45, 2.75) is 32.7 Å². The fraction of sp³-hybridized carbons (Fsp3) is 0.500. The van der Waals surface area contributed by atoms with Crippen molar-refractivity contribution >= 4 is 15.9 Å². The van der Waals surface area contributed by atoms with Crippen molar-refractivity contribution in [2.75, 3.05) is 0 Å². The molecule has 0 bridgehead atoms. The summed E-state index contributed by atoms with van der Waals surface area (Å²) in [5.74, 6) is 0.279. The number of aryl methyl sites for hydroxylation is 1. The molecule has 1 unspecified atom stereocenters. The molecule has 1 aromatic carbocycles. The summed E-state index contributed by atoms with van der Waals surface area (Å²) in [5.41, 5.74) is 7.07. The Morgan fingerprint density at radius 2 is 2.07 bits per heavy atom. The van der Waals surface area contributed by atoms with E-state index in [1.165, 1.54) is 6.07 Å². The zero-order valence-electron chi connectivity index (χ0n) is 9.13. The maximum atomic E-state index is 13.0. The number of halogens is 2. The Labute approximate surface area is 99.0 Å². The molecule has 84 valence electrons. The van der Waals surface area contributed by atoms with E-state index in [2.05, 4.69) is 29.8 Å². The lowest BCUT2D eigenvalue weighted by atomic mass is 9.98. The molecule has 0 aromatic heterocycles. The molecule has 0 aliphatic carbocycles. The number of rotatable bonds is 4. The first-order valence-electron chi connectivity index (χ1n) is 5.20. The molecule has 0 amide bonds. The predicted octanol–water partition coefficient (Wildman–Crippen LogP) is 3.50. The fourth-order valence-corrected chi connectivity index (χ4v) is 1.79. The van der Waals surface area contributed by atoms with Crippen LogP contribution in [0.15, 0.2) is 22.7 Å². The molecule has 0 aliphatic rings. The molecule has 2 N–H and O–H groups in total. The van der Waals surface area contributed by atoms with Gasteiger partial charge in [-0.05, 0) is 52.4 Å². The number of nitrogens with two attached hydrogens (primary N) is 1. The van der Waals surface area contributed by atoms with Gasteiger partial charge in [0.25, 0.3) is 0 Å². The van der Waals surface area contributed by atoms with Gasteiger partial charge in [0, 0.05) is 6.04 Å². The molecule has 1 atom stereocenters. The summed E-state index contributed by atoms with van der Waals surface area (Å²) in [6.45, 7) is 4.23. The minimum absolute atomic E-state index is 0.216. The van der Waals surface area contributed by atoms with E-state index in [1.54, 1.807) is 0 Å². The quantitative estimate of drug-likeness (QED) is 0.893. The van der Waals surface area contributed by atoms with Crippen LogP contribution in [0, 0.1) is 11.7 Å². The predicted molar refractivity (Wildman–Crippen MR) is 65.2 cm³/mol. The molecule has 1 rings (SSSR count). The second kappa shape index (κ2) is 5.61. The fourth-order valence-electron chi connectivity index (χ4n) is 1.36. The number of benzene rings is 1. The molecular formula is C12H17BrFN. The molecule has 15 heavy (non-hydrogen) atoms. The maximum Gasteiger partial charge on any atom is 0.137 e. The highest BCUT2D eigenvalue weighted by atomic mass is 79.9. The van der Waals surface area contributed by atoms with Crippen LogP contribution >= 0.6 is 15.9 Å². The molecule has 0 fully saturated rings. The van der Waals surface area contributed by atoms with E-state index in [-0.39, 0.29) is 11.9 Å². The van der Waals surface area contributed by atoms with Crippen LogP contribution in [0.5, 0.6) is 0 Å². The molecule has 0 saturated carbocycles. The van der Waals surface area contributed by atoms with E-state index >= 15 is 0 Å². The number of hydrogen-bond donors (Lipinski definition) is 1. The molecule has 0 aliphatic heterocycles. The van der Waals surface area contributed by atoms with Crippen LogP contribution in [-0.4, -0.2) is 6.04 Å². The standard InChI is InChI=1S/C12H17BrFN/c1-8(2)12(15)6-4-9-3-5-11(14)10(13)7-9/h3,5,7-8,12H,4,6,15H2,1-2H3. The Hall–Kier alpha value is -0.410. The van der Waals surface area contributed by atoms with Gasteiger partial charge in [-0.1, -0.05) is 19.9 Å². The van der Waals surface area contributed by atoms with Crippen LogP contribution < -0.4 is 5.73 Å². The van der Waals surface area contributed by atoms with Gasteiger partial charge in [0.15, 0.2) is 0 Å². The monoisotopic (exact) mass is 273 g/mol. The van der Waals surface area contributed by atoms with E-state index in [0.29, 0.717) is 10.4 Å². The van der Waals surface area contributed by atoms with Crippen LogP contribution in [0.4, 0.5) is 4.39 Å². The SMILES string of the molecule is CC(C)C(N)CCc1ccc(F)c(Br)c1. The molecule has 1 nitrogen and oxygen atoms in total. The Morgan fingerprint density at radius 1 is 1.40 bits per heavy atom. The van der Waals surface area contributed by atoms with Crippen molar-refractivity contribution in [1.82, 2.24) is 0 Å². The Morgan fingerprint density at radius 3 is 2.60 bits per heavy atom. The highest BCUT2D eigenvalue weighted by molar-refractivity contribution is 9.10. The Balaban J connectivity index is 2.55. The van der Waals surface area contributed by atoms with Gasteiger partial charge in [0.2, 0.25) is 0 Å². The lowest BCUT2D eigenvalue weighted by Gasteiger charge is -2.15. The average Bonchev–Trinajstić information content (AvgIpc) is 2.19. The minimum atomic E-state index is -0.216. The van der Waals surface area contributed by atoms with Crippen LogP contribution in [-0.2, 0) is 6.42 Å². The van der Waals surface area contributed by atoms with Gasteiger partial charge in [-0.15, -0.1) is 0 Å². The Bertz CT molecular complexity index is 325. The summed E-state index contributed by atoms with van der Waals surface area (Å²) in [6.07, 6.45) is 1.84. The third kappa shape index (κ3) is 3.92. The van der Waals surface area contributed by atoms with Crippen LogP contribution in [0.3, 0.4) is 0 Å². The maximum absolute atomic E-state index is 13.0. The van der Waals surface area contributed by atoms with Gasteiger partial charge in [0.05, 0.1) is 4.47 Å². The van der Waals surface area contributed by atoms with Crippen LogP contribution in [0.25, 0.3) is 0 Å². The summed E-state index contributed by atoms with van der Waals surface area (Å²) < 4.78 is 13.5. The van der Waals surface area contributed by atoms with Gasteiger partial charge < -0.3 is 5.73 Å². The van der Waals surface area contributed by atoms with E-state index in [0.717, 1.165) is 18.4 Å². The third-order valence-corrected chi connectivity index (χ3v) is 3.21. The second-order valence-electron chi connectivity index (χ2n) is 4.20. The van der Waals surface area contributed by atoms with Crippen molar-refractivity contribution < 1.29 is 4.39 Å². The lowest BCUT2D eigenvalue weighted by Crippen LogP contribution is -2.26. The van der Waals surface area contributed by atoms with E-state index in [9.17, 15) is 4.39 Å². The largest absolute Gasteiger partial charge is 0.327 e. The van der Waals surface area contributed by atoms with Crippen LogP contribution in [0.2, 0.25) is 0 Å². The lowest BCUT2D eigenvalue weighted by molar-refractivity contribution is 0.464. The van der Waals surface area contributed by atoms with E-state index < -0.39 is 0 Å². The van der Waals surface area contributed by atoms with E-state index in [4.69, 9.17) is 5.73 Å². The molecule has 3 heteroatoms. The minimum Gasteiger partial charge on any atom is -0.327 e. The van der Waals surface area contributed by atoms with Crippen molar-refractivity contribution in [3.8, 4) is 0 Å². The highest BCUT2D eigenvalue weighted by Gasteiger charge is 2.08. The van der Waals surface area contributed by atoms with Gasteiger partial charge >= 0.3 is 0 Å². The number of hydrogen-bond acceptors (Lipinski definition) is 1. The van der Waals surface area contributed by atoms with Crippen molar-refractivity contribution in [3.05, 3.63) is 34.1 Å². The summed E-state index contributed by atoms with van der Waals surface area (Å²) in [6, 6.07) is 5.34. The summed E-state index contributed by atoms with van der Waals surface area (Å²) in [5, 5.41) is 0. The van der Waals surface area contributed by atoms with Crippen molar-refractivity contribution in [1.29, 1.82) is 0 Å². The van der Waals surface area contributed by atoms with Crippen molar-refractivity contribution in [3.63, 3.8) is 0 Å². The summed E-state index contributed by atoms with van der Waals surface area (Å²) in [7, 11) is 0. The molecular weight excluding hydrogens is 257 g/mol. The highest BCUT2D eigenvalue weighted by Crippen LogP contribution is 2.18. The molecule has 0 saturated heterocycles. The smallest absolute Gasteiger partial charge is 0.137 e. The first-order chi connectivity index (χ1) is 7.00. The molecule has 0 heterocycles. The van der Waals surface area contributed by atoms with Gasteiger partial charge in [0.1, 0.15) is 5.82 Å². The normalized spacial score (nSPS) is 13.2. The van der Waals surface area contributed by atoms with Crippen molar-refractivity contribution in [2.24, 2.45) is 11.7 Å². The molecule has 0 radical (unpaired) electrons. The Kier molecular flexibility index (Phi) is 4.74. The molecule has 0 spiro atoms. The first-order valence-corrected chi connectivity index (χ1v) is 5.99. The average molecular weight is 274 g/mol. The van der Waals surface area contributed by atoms with Gasteiger partial charge in [-0.2, -0.15) is 0 Å². The van der Waals surface area contributed by atoms with Gasteiger partial charge in [-0.25, -0.2) is 4.39 Å². The third-order valence-electron chi connectivity index (χ3n) is 2.61. The second-order valence-corrected chi connectivity index (χ2v) is 5.05. The first kappa shape index (κ1) is 12.7.